The predicted octanol–water partition coefficient (Wildman–Crippen LogP) is 7.05. The molecule has 5 heteroatoms. The van der Waals surface area contributed by atoms with Crippen LogP contribution >= 0.6 is 0 Å². The highest BCUT2D eigenvalue weighted by atomic mass is 16.5. The maximum Gasteiger partial charge on any atom is 0.328 e. The lowest BCUT2D eigenvalue weighted by Crippen LogP contribution is -2.40. The number of piperidine rings is 1. The number of carboxylic acid groups (broad SMARTS) is 1. The SMILES string of the molecule is CCCOC1CCN(C(=O)/C=C/C(C)=C/C=C/C(C)=C/C=C/C=C(C)/C=C/C=C(C)\C=C\C(=O)O)CC1. The van der Waals surface area contributed by atoms with Gasteiger partial charge in [-0.05, 0) is 47.0 Å². The highest BCUT2D eigenvalue weighted by Gasteiger charge is 2.21. The van der Waals surface area contributed by atoms with Gasteiger partial charge in [-0.1, -0.05) is 102 Å². The Morgan fingerprint density at radius 3 is 1.68 bits per heavy atom. The van der Waals surface area contributed by atoms with Crippen LogP contribution in [0.3, 0.4) is 0 Å². The summed E-state index contributed by atoms with van der Waals surface area (Å²) in [5.41, 5.74) is 4.08. The summed E-state index contributed by atoms with van der Waals surface area (Å²) in [5, 5.41) is 8.63. The molecule has 0 radical (unpaired) electrons. The van der Waals surface area contributed by atoms with Gasteiger partial charge in [0.2, 0.25) is 5.91 Å². The fraction of sp³-hybridized carbons (Fsp3) is 0.375. The monoisotopic (exact) mass is 505 g/mol. The van der Waals surface area contributed by atoms with Crippen molar-refractivity contribution < 1.29 is 19.4 Å². The standard InChI is InChI=1S/C32H43NO4/c1-6-25-37-30-21-23-33(24-22-30)31(34)19-17-28(4)15-9-13-26(2)11-7-8-12-27(3)14-10-16-29(5)18-20-32(35)36/h7-20,30H,6,21-25H2,1-5H3,(H,35,36)/b8-7+,13-9+,14-10+,19-17+,20-18+,26-11+,27-12+,28-15+,29-16-. The molecule has 0 spiro atoms. The van der Waals surface area contributed by atoms with Gasteiger partial charge in [0.15, 0.2) is 0 Å². The van der Waals surface area contributed by atoms with Crippen LogP contribution in [-0.2, 0) is 14.3 Å². The fourth-order valence-electron chi connectivity index (χ4n) is 3.38. The number of ether oxygens (including phenoxy) is 1. The van der Waals surface area contributed by atoms with Crippen molar-refractivity contribution in [3.8, 4) is 0 Å². The molecule has 1 aliphatic heterocycles. The number of nitrogens with zero attached hydrogens (tertiary/aromatic N) is 1. The van der Waals surface area contributed by atoms with Crippen molar-refractivity contribution in [2.75, 3.05) is 19.7 Å². The maximum atomic E-state index is 12.4. The van der Waals surface area contributed by atoms with Gasteiger partial charge in [-0.25, -0.2) is 4.79 Å². The summed E-state index contributed by atoms with van der Waals surface area (Å²) in [7, 11) is 0. The number of amides is 1. The number of carboxylic acids is 1. The molecule has 0 aromatic rings. The highest BCUT2D eigenvalue weighted by Crippen LogP contribution is 2.14. The van der Waals surface area contributed by atoms with E-state index in [0.29, 0.717) is 0 Å². The Bertz CT molecular complexity index is 1010. The number of likely N-dealkylation sites (tertiary alicyclic amines) is 1. The third-order valence-corrected chi connectivity index (χ3v) is 5.55. The smallest absolute Gasteiger partial charge is 0.328 e. The van der Waals surface area contributed by atoms with E-state index in [-0.39, 0.29) is 12.0 Å². The minimum atomic E-state index is -0.953. The number of hydrogen-bond donors (Lipinski definition) is 1. The van der Waals surface area contributed by atoms with Crippen molar-refractivity contribution >= 4 is 11.9 Å². The first-order chi connectivity index (χ1) is 17.7. The fourth-order valence-corrected chi connectivity index (χ4v) is 3.38. The topological polar surface area (TPSA) is 66.8 Å². The van der Waals surface area contributed by atoms with Crippen LogP contribution in [0, 0.1) is 0 Å². The van der Waals surface area contributed by atoms with E-state index in [4.69, 9.17) is 9.84 Å². The van der Waals surface area contributed by atoms with Crippen LogP contribution < -0.4 is 0 Å². The lowest BCUT2D eigenvalue weighted by atomic mass is 10.1. The largest absolute Gasteiger partial charge is 0.478 e. The zero-order valence-electron chi connectivity index (χ0n) is 23.0. The molecule has 200 valence electrons. The predicted molar refractivity (Wildman–Crippen MR) is 154 cm³/mol. The van der Waals surface area contributed by atoms with E-state index in [9.17, 15) is 9.59 Å². The van der Waals surface area contributed by atoms with E-state index >= 15 is 0 Å². The van der Waals surface area contributed by atoms with Crippen molar-refractivity contribution in [1.29, 1.82) is 0 Å². The molecule has 1 amide bonds. The second-order valence-electron chi connectivity index (χ2n) is 9.15. The van der Waals surface area contributed by atoms with Gasteiger partial charge in [-0.15, -0.1) is 0 Å². The van der Waals surface area contributed by atoms with Crippen LogP contribution in [0.1, 0.15) is 53.9 Å². The highest BCUT2D eigenvalue weighted by molar-refractivity contribution is 5.88. The molecular formula is C32H43NO4. The molecule has 1 rings (SSSR count). The van der Waals surface area contributed by atoms with Crippen LogP contribution in [-0.4, -0.2) is 47.7 Å². The Morgan fingerprint density at radius 2 is 1.19 bits per heavy atom. The third kappa shape index (κ3) is 16.0. The third-order valence-electron chi connectivity index (χ3n) is 5.55. The molecule has 0 aromatic heterocycles. The average Bonchev–Trinajstić information content (AvgIpc) is 2.87. The Hall–Kier alpha value is -3.44. The minimum absolute atomic E-state index is 0.0613. The number of carbonyl (C=O) groups is 2. The number of aliphatic carboxylic acids is 1. The van der Waals surface area contributed by atoms with Crippen molar-refractivity contribution in [1.82, 2.24) is 4.90 Å². The first kappa shape index (κ1) is 31.6. The van der Waals surface area contributed by atoms with E-state index in [2.05, 4.69) is 6.92 Å². The molecule has 0 aromatic carbocycles. The molecule has 1 N–H and O–H groups in total. The quantitative estimate of drug-likeness (QED) is 0.215. The molecule has 0 bridgehead atoms. The van der Waals surface area contributed by atoms with Crippen LogP contribution in [0.2, 0.25) is 0 Å². The lowest BCUT2D eigenvalue weighted by molar-refractivity contribution is -0.131. The van der Waals surface area contributed by atoms with Crippen molar-refractivity contribution in [2.45, 2.75) is 60.0 Å². The molecule has 1 aliphatic rings. The number of carbonyl (C=O) groups excluding carboxylic acids is 1. The summed E-state index contributed by atoms with van der Waals surface area (Å²) in [5.74, 6) is -0.891. The van der Waals surface area contributed by atoms with E-state index < -0.39 is 5.97 Å². The molecule has 1 fully saturated rings. The minimum Gasteiger partial charge on any atom is -0.478 e. The van der Waals surface area contributed by atoms with Crippen LogP contribution in [0.15, 0.2) is 107 Å². The zero-order chi connectivity index (χ0) is 27.5. The number of rotatable bonds is 13. The van der Waals surface area contributed by atoms with Gasteiger partial charge in [-0.3, -0.25) is 4.79 Å². The summed E-state index contributed by atoms with van der Waals surface area (Å²) in [6.07, 6.45) is 29.1. The Kier molecular flexibility index (Phi) is 16.0. The van der Waals surface area contributed by atoms with Crippen LogP contribution in [0.4, 0.5) is 0 Å². The average molecular weight is 506 g/mol. The maximum absolute atomic E-state index is 12.4. The van der Waals surface area contributed by atoms with Crippen LogP contribution in [0.5, 0.6) is 0 Å². The molecule has 0 saturated carbocycles. The van der Waals surface area contributed by atoms with Gasteiger partial charge in [0.25, 0.3) is 0 Å². The normalized spacial score (nSPS) is 17.5. The van der Waals surface area contributed by atoms with Gasteiger partial charge in [0.05, 0.1) is 6.10 Å². The summed E-state index contributed by atoms with van der Waals surface area (Å²) >= 11 is 0. The summed E-state index contributed by atoms with van der Waals surface area (Å²) in [4.78, 5) is 24.9. The first-order valence-corrected chi connectivity index (χ1v) is 12.9. The molecule has 37 heavy (non-hydrogen) atoms. The van der Waals surface area contributed by atoms with Gasteiger partial charge in [0.1, 0.15) is 0 Å². The molecular weight excluding hydrogens is 462 g/mol. The van der Waals surface area contributed by atoms with Crippen molar-refractivity contribution in [3.63, 3.8) is 0 Å². The van der Waals surface area contributed by atoms with Gasteiger partial charge in [-0.2, -0.15) is 0 Å². The van der Waals surface area contributed by atoms with Gasteiger partial charge >= 0.3 is 5.97 Å². The molecule has 5 nitrogen and oxygen atoms in total. The molecule has 1 heterocycles. The molecule has 0 unspecified atom stereocenters. The summed E-state index contributed by atoms with van der Waals surface area (Å²) in [6, 6.07) is 0. The lowest BCUT2D eigenvalue weighted by Gasteiger charge is -2.31. The van der Waals surface area contributed by atoms with Crippen molar-refractivity contribution in [2.24, 2.45) is 0 Å². The molecule has 1 saturated heterocycles. The van der Waals surface area contributed by atoms with Gasteiger partial charge < -0.3 is 14.7 Å². The Labute approximate surface area is 223 Å². The second kappa shape index (κ2) is 18.8. The number of allylic oxidation sites excluding steroid dienone is 16. The zero-order valence-corrected chi connectivity index (χ0v) is 23.0. The van der Waals surface area contributed by atoms with E-state index in [1.165, 1.54) is 0 Å². The summed E-state index contributed by atoms with van der Waals surface area (Å²) < 4.78 is 5.79. The first-order valence-electron chi connectivity index (χ1n) is 12.9. The van der Waals surface area contributed by atoms with E-state index in [0.717, 1.165) is 67.3 Å². The van der Waals surface area contributed by atoms with E-state index in [1.54, 1.807) is 12.2 Å². The summed E-state index contributed by atoms with van der Waals surface area (Å²) in [6.45, 7) is 12.3. The molecule has 0 aliphatic carbocycles. The number of hydrogen-bond acceptors (Lipinski definition) is 3. The Morgan fingerprint density at radius 1 is 0.730 bits per heavy atom. The van der Waals surface area contributed by atoms with Crippen LogP contribution in [0.25, 0.3) is 0 Å². The van der Waals surface area contributed by atoms with Crippen molar-refractivity contribution in [3.05, 3.63) is 107 Å². The van der Waals surface area contributed by atoms with Gasteiger partial charge in [0, 0.05) is 31.8 Å². The molecule has 0 atom stereocenters. The van der Waals surface area contributed by atoms with E-state index in [1.807, 2.05) is 99.4 Å². The Balaban J connectivity index is 2.48. The second-order valence-corrected chi connectivity index (χ2v) is 9.15.